The van der Waals surface area contributed by atoms with E-state index in [9.17, 15) is 19.5 Å². The molecule has 0 spiro atoms. The van der Waals surface area contributed by atoms with Crippen LogP contribution < -0.4 is 10.6 Å². The molecule has 9 heteroatoms. The van der Waals surface area contributed by atoms with Gasteiger partial charge in [-0.1, -0.05) is 162 Å². The van der Waals surface area contributed by atoms with Crippen molar-refractivity contribution in [3.63, 3.8) is 0 Å². The number of carbonyl (C=O) groups is 3. The maximum absolute atomic E-state index is 12.9. The van der Waals surface area contributed by atoms with Gasteiger partial charge in [-0.3, -0.25) is 14.4 Å². The summed E-state index contributed by atoms with van der Waals surface area (Å²) in [7, 11) is 0. The van der Waals surface area contributed by atoms with E-state index < -0.39 is 6.10 Å². The van der Waals surface area contributed by atoms with Crippen molar-refractivity contribution in [3.05, 3.63) is 11.4 Å². The Labute approximate surface area is 370 Å². The van der Waals surface area contributed by atoms with E-state index in [1.807, 2.05) is 6.92 Å². The van der Waals surface area contributed by atoms with Crippen LogP contribution in [0.15, 0.2) is 11.4 Å². The summed E-state index contributed by atoms with van der Waals surface area (Å²) in [6.45, 7) is 13.7. The molecule has 0 aliphatic heterocycles. The van der Waals surface area contributed by atoms with E-state index in [4.69, 9.17) is 9.47 Å². The Hall–Kier alpha value is -2.13. The molecule has 352 valence electrons. The molecular formula is C51H97N3O6. The van der Waals surface area contributed by atoms with Gasteiger partial charge in [0.1, 0.15) is 11.8 Å². The number of carbonyl (C=O) groups excluding carboxylic acids is 3. The second kappa shape index (κ2) is 40.9. The van der Waals surface area contributed by atoms with E-state index in [0.717, 1.165) is 122 Å². The third-order valence-electron chi connectivity index (χ3n) is 12.1. The van der Waals surface area contributed by atoms with E-state index in [0.29, 0.717) is 37.4 Å². The number of likely N-dealkylation sites (N-methyl/N-ethyl adjacent to an activating group) is 1. The predicted octanol–water partition coefficient (Wildman–Crippen LogP) is 12.4. The lowest BCUT2D eigenvalue weighted by atomic mass is 9.95. The number of unbranched alkanes of at least 4 members (excludes halogenated alkanes) is 24. The van der Waals surface area contributed by atoms with Crippen LogP contribution in [0.3, 0.4) is 0 Å². The van der Waals surface area contributed by atoms with Gasteiger partial charge in [-0.05, 0) is 90.8 Å². The van der Waals surface area contributed by atoms with E-state index in [1.54, 1.807) is 0 Å². The average Bonchev–Trinajstić information content (AvgIpc) is 3.24. The van der Waals surface area contributed by atoms with Crippen molar-refractivity contribution < 1.29 is 29.0 Å². The SMILES string of the molecule is CCCCCCCCCOC(=O)CCCCCCCN(CCCCCCCC(=O)OC(CCCCCCCC)CCCCCCCC)CCCNC1=C(NCC)C(=O)C1O. The lowest BCUT2D eigenvalue weighted by molar-refractivity contribution is -0.150. The maximum atomic E-state index is 12.9. The molecule has 0 saturated carbocycles. The molecule has 0 saturated heterocycles. The summed E-state index contributed by atoms with van der Waals surface area (Å²) in [6, 6.07) is 0. The van der Waals surface area contributed by atoms with Crippen molar-refractivity contribution in [2.75, 3.05) is 39.3 Å². The fraction of sp³-hybridized carbons (Fsp3) is 0.902. The molecule has 1 aliphatic carbocycles. The molecule has 1 atom stereocenters. The molecule has 0 aromatic heterocycles. The van der Waals surface area contributed by atoms with Crippen LogP contribution in [0.1, 0.15) is 246 Å². The van der Waals surface area contributed by atoms with Crippen molar-refractivity contribution in [2.45, 2.75) is 258 Å². The topological polar surface area (TPSA) is 117 Å². The Morgan fingerprint density at radius 3 is 1.50 bits per heavy atom. The number of Topliss-reactive ketones (excluding diaryl/α,β-unsaturated/α-hetero) is 1. The van der Waals surface area contributed by atoms with Crippen LogP contribution in [0.2, 0.25) is 0 Å². The first-order valence-corrected chi connectivity index (χ1v) is 25.9. The highest BCUT2D eigenvalue weighted by molar-refractivity contribution is 6.07. The highest BCUT2D eigenvalue weighted by atomic mass is 16.5. The van der Waals surface area contributed by atoms with Crippen LogP contribution in [0, 0.1) is 0 Å². The second-order valence-corrected chi connectivity index (χ2v) is 17.8. The number of nitrogens with one attached hydrogen (secondary N) is 2. The van der Waals surface area contributed by atoms with Crippen LogP contribution in [0.4, 0.5) is 0 Å². The summed E-state index contributed by atoms with van der Waals surface area (Å²) in [4.78, 5) is 39.6. The highest BCUT2D eigenvalue weighted by Gasteiger charge is 2.37. The van der Waals surface area contributed by atoms with Gasteiger partial charge in [-0.15, -0.1) is 0 Å². The van der Waals surface area contributed by atoms with Crippen LogP contribution in [0.25, 0.3) is 0 Å². The smallest absolute Gasteiger partial charge is 0.306 e. The number of aliphatic hydroxyl groups excluding tert-OH is 1. The molecule has 3 N–H and O–H groups in total. The van der Waals surface area contributed by atoms with Crippen LogP contribution in [0.5, 0.6) is 0 Å². The number of nitrogens with zero attached hydrogens (tertiary/aromatic N) is 1. The van der Waals surface area contributed by atoms with E-state index >= 15 is 0 Å². The number of hydrogen-bond donors (Lipinski definition) is 3. The maximum Gasteiger partial charge on any atom is 0.306 e. The predicted molar refractivity (Wildman–Crippen MR) is 251 cm³/mol. The van der Waals surface area contributed by atoms with Crippen molar-refractivity contribution in [3.8, 4) is 0 Å². The minimum atomic E-state index is -1.03. The first-order chi connectivity index (χ1) is 29.4. The lowest BCUT2D eigenvalue weighted by Crippen LogP contribution is -2.48. The molecule has 0 fully saturated rings. The summed E-state index contributed by atoms with van der Waals surface area (Å²) in [6.07, 6.45) is 37.8. The number of ketones is 1. The van der Waals surface area contributed by atoms with Crippen molar-refractivity contribution in [2.24, 2.45) is 0 Å². The van der Waals surface area contributed by atoms with Gasteiger partial charge in [-0.25, -0.2) is 0 Å². The molecule has 1 rings (SSSR count). The molecule has 0 radical (unpaired) electrons. The third-order valence-corrected chi connectivity index (χ3v) is 12.1. The zero-order valence-electron chi connectivity index (χ0n) is 39.9. The number of esters is 2. The van der Waals surface area contributed by atoms with Gasteiger partial charge >= 0.3 is 11.9 Å². The molecule has 0 amide bonds. The standard InChI is InChI=1S/C51H97N3O6/c1-5-9-12-15-18-27-34-44-59-46(55)38-30-23-19-25-32-41-54(43-35-40-53-49-48(52-8-4)50(57)51(49)58)42-33-26-20-24-31-39-47(56)60-45(36-28-21-16-13-10-6-2)37-29-22-17-14-11-7-3/h45,51-53,58H,5-44H2,1-4H3. The zero-order valence-corrected chi connectivity index (χ0v) is 39.9. The number of rotatable bonds is 46. The van der Waals surface area contributed by atoms with Gasteiger partial charge in [0.25, 0.3) is 0 Å². The lowest BCUT2D eigenvalue weighted by Gasteiger charge is -2.29. The molecule has 0 aromatic rings. The highest BCUT2D eigenvalue weighted by Crippen LogP contribution is 2.21. The zero-order chi connectivity index (χ0) is 43.7. The third kappa shape index (κ3) is 30.8. The van der Waals surface area contributed by atoms with Gasteiger partial charge in [0, 0.05) is 25.9 Å². The first kappa shape index (κ1) is 55.9. The van der Waals surface area contributed by atoms with Crippen LogP contribution in [-0.2, 0) is 23.9 Å². The Morgan fingerprint density at radius 2 is 0.983 bits per heavy atom. The normalized spacial score (nSPS) is 14.0. The van der Waals surface area contributed by atoms with Crippen molar-refractivity contribution >= 4 is 17.7 Å². The minimum Gasteiger partial charge on any atom is -0.466 e. The molecule has 1 aliphatic rings. The molecular weight excluding hydrogens is 751 g/mol. The molecule has 0 bridgehead atoms. The number of ether oxygens (including phenoxy) is 2. The molecule has 9 nitrogen and oxygen atoms in total. The Kier molecular flexibility index (Phi) is 38.1. The molecule has 0 aromatic carbocycles. The second-order valence-electron chi connectivity index (χ2n) is 17.8. The Morgan fingerprint density at radius 1 is 0.550 bits per heavy atom. The van der Waals surface area contributed by atoms with Gasteiger partial charge in [0.05, 0.1) is 12.3 Å². The van der Waals surface area contributed by atoms with Gasteiger partial charge in [0.15, 0.2) is 6.10 Å². The quantitative estimate of drug-likeness (QED) is 0.0406. The van der Waals surface area contributed by atoms with Gasteiger partial charge < -0.3 is 30.1 Å². The van der Waals surface area contributed by atoms with Crippen molar-refractivity contribution in [1.82, 2.24) is 15.5 Å². The fourth-order valence-electron chi connectivity index (χ4n) is 8.26. The molecule has 0 heterocycles. The van der Waals surface area contributed by atoms with Gasteiger partial charge in [-0.2, -0.15) is 0 Å². The van der Waals surface area contributed by atoms with Crippen molar-refractivity contribution in [1.29, 1.82) is 0 Å². The molecule has 1 unspecified atom stereocenters. The summed E-state index contributed by atoms with van der Waals surface area (Å²) in [5, 5.41) is 16.5. The summed E-state index contributed by atoms with van der Waals surface area (Å²) in [5.74, 6) is -0.267. The number of aliphatic hydroxyl groups is 1. The van der Waals surface area contributed by atoms with E-state index in [-0.39, 0.29) is 23.8 Å². The Balaban J connectivity index is 2.38. The van der Waals surface area contributed by atoms with E-state index in [1.165, 1.54) is 109 Å². The summed E-state index contributed by atoms with van der Waals surface area (Å²) < 4.78 is 11.5. The summed E-state index contributed by atoms with van der Waals surface area (Å²) in [5.41, 5.74) is 1.16. The largest absolute Gasteiger partial charge is 0.466 e. The molecule has 60 heavy (non-hydrogen) atoms. The fourth-order valence-corrected chi connectivity index (χ4v) is 8.26. The minimum absolute atomic E-state index is 0.00244. The van der Waals surface area contributed by atoms with Gasteiger partial charge in [0.2, 0.25) is 5.78 Å². The Bertz CT molecular complexity index is 1050. The summed E-state index contributed by atoms with van der Waals surface area (Å²) >= 11 is 0. The first-order valence-electron chi connectivity index (χ1n) is 25.9. The monoisotopic (exact) mass is 848 g/mol. The average molecular weight is 848 g/mol. The van der Waals surface area contributed by atoms with Crippen LogP contribution in [-0.4, -0.2) is 79.3 Å². The van der Waals surface area contributed by atoms with Crippen LogP contribution >= 0.6 is 0 Å². The van der Waals surface area contributed by atoms with E-state index in [2.05, 4.69) is 36.3 Å². The number of hydrogen-bond acceptors (Lipinski definition) is 9.